The van der Waals surface area contributed by atoms with Gasteiger partial charge >= 0.3 is 0 Å². The Labute approximate surface area is 112 Å². The summed E-state index contributed by atoms with van der Waals surface area (Å²) < 4.78 is 22.2. The first kappa shape index (κ1) is 15.9. The van der Waals surface area contributed by atoms with Gasteiger partial charge in [-0.1, -0.05) is 6.92 Å². The van der Waals surface area contributed by atoms with Crippen molar-refractivity contribution < 1.29 is 8.42 Å². The molecule has 1 heterocycles. The second-order valence-corrected chi connectivity index (χ2v) is 7.84. The number of hydrogen-bond acceptors (Lipinski definition) is 4. The van der Waals surface area contributed by atoms with Crippen molar-refractivity contribution in [1.82, 2.24) is 10.2 Å². The van der Waals surface area contributed by atoms with Gasteiger partial charge in [0, 0.05) is 25.4 Å². The molecule has 0 aliphatic carbocycles. The van der Waals surface area contributed by atoms with Gasteiger partial charge in [-0.3, -0.25) is 0 Å². The quantitative estimate of drug-likeness (QED) is 0.757. The molecule has 1 N–H and O–H groups in total. The third-order valence-corrected chi connectivity index (χ3v) is 4.67. The van der Waals surface area contributed by atoms with E-state index in [2.05, 4.69) is 24.1 Å². The lowest BCUT2D eigenvalue weighted by molar-refractivity contribution is 0.152. The van der Waals surface area contributed by atoms with Crippen molar-refractivity contribution in [2.45, 2.75) is 39.2 Å². The second kappa shape index (κ2) is 7.46. The molecule has 18 heavy (non-hydrogen) atoms. The fraction of sp³-hybridized carbons (Fsp3) is 1.00. The molecule has 1 saturated heterocycles. The smallest absolute Gasteiger partial charge is 0.148 e. The normalized spacial score (nSPS) is 24.1. The largest absolute Gasteiger partial charge is 0.313 e. The van der Waals surface area contributed by atoms with Crippen LogP contribution in [0.4, 0.5) is 0 Å². The molecule has 0 radical (unpaired) electrons. The molecule has 1 aliphatic rings. The Bertz CT molecular complexity index is 328. The van der Waals surface area contributed by atoms with Crippen LogP contribution in [-0.4, -0.2) is 57.5 Å². The van der Waals surface area contributed by atoms with E-state index >= 15 is 0 Å². The molecule has 1 aliphatic heterocycles. The van der Waals surface area contributed by atoms with Gasteiger partial charge in [-0.25, -0.2) is 8.42 Å². The minimum absolute atomic E-state index is 0.239. The maximum Gasteiger partial charge on any atom is 0.148 e. The highest BCUT2D eigenvalue weighted by Crippen LogP contribution is 2.19. The number of sulfone groups is 1. The summed E-state index contributed by atoms with van der Waals surface area (Å²) in [6, 6.07) is 0.409. The molecule has 1 rings (SSSR count). The lowest BCUT2D eigenvalue weighted by Crippen LogP contribution is -2.45. The molecule has 5 heteroatoms. The molecule has 0 aromatic carbocycles. The van der Waals surface area contributed by atoms with E-state index in [9.17, 15) is 8.42 Å². The monoisotopic (exact) mass is 276 g/mol. The van der Waals surface area contributed by atoms with Crippen LogP contribution in [0.2, 0.25) is 0 Å². The van der Waals surface area contributed by atoms with Crippen LogP contribution in [0.1, 0.15) is 33.1 Å². The number of nitrogens with zero attached hydrogens (tertiary/aromatic N) is 1. The third-order valence-electron chi connectivity index (χ3n) is 3.73. The van der Waals surface area contributed by atoms with Gasteiger partial charge in [0.15, 0.2) is 0 Å². The number of nitrogens with one attached hydrogen (secondary N) is 1. The van der Waals surface area contributed by atoms with E-state index in [0.29, 0.717) is 18.5 Å². The van der Waals surface area contributed by atoms with Crippen molar-refractivity contribution in [1.29, 1.82) is 0 Å². The van der Waals surface area contributed by atoms with Crippen molar-refractivity contribution in [3.8, 4) is 0 Å². The molecule has 0 aromatic heterocycles. The first-order valence-electron chi connectivity index (χ1n) is 7.06. The summed E-state index contributed by atoms with van der Waals surface area (Å²) >= 11 is 0. The molecular weight excluding hydrogens is 248 g/mol. The number of hydrogen-bond donors (Lipinski definition) is 1. The van der Waals surface area contributed by atoms with Crippen molar-refractivity contribution in [3.05, 3.63) is 0 Å². The zero-order valence-corrected chi connectivity index (χ0v) is 12.8. The van der Waals surface area contributed by atoms with E-state index in [-0.39, 0.29) is 5.75 Å². The predicted molar refractivity (Wildman–Crippen MR) is 76.6 cm³/mol. The van der Waals surface area contributed by atoms with Gasteiger partial charge in [0.25, 0.3) is 0 Å². The van der Waals surface area contributed by atoms with E-state index in [1.54, 1.807) is 0 Å². The van der Waals surface area contributed by atoms with Crippen LogP contribution < -0.4 is 5.32 Å². The Balaban J connectivity index is 2.30. The standard InChI is InChI=1S/C13H28N2O2S/c1-4-8-15-9-5-6-13(11-15)12(2)14-7-10-18(3,16)17/h12-14H,4-11H2,1-3H3. The van der Waals surface area contributed by atoms with Crippen LogP contribution in [0.15, 0.2) is 0 Å². The van der Waals surface area contributed by atoms with Crippen LogP contribution in [0.3, 0.4) is 0 Å². The van der Waals surface area contributed by atoms with E-state index < -0.39 is 9.84 Å². The topological polar surface area (TPSA) is 49.4 Å². The number of likely N-dealkylation sites (tertiary alicyclic amines) is 1. The first-order chi connectivity index (χ1) is 8.42. The highest BCUT2D eigenvalue weighted by Gasteiger charge is 2.23. The van der Waals surface area contributed by atoms with E-state index in [1.807, 2.05) is 0 Å². The fourth-order valence-corrected chi connectivity index (χ4v) is 3.15. The molecular formula is C13H28N2O2S. The molecule has 0 spiro atoms. The molecule has 2 unspecified atom stereocenters. The molecule has 0 saturated carbocycles. The Morgan fingerprint density at radius 1 is 1.44 bits per heavy atom. The minimum atomic E-state index is -2.84. The molecule has 2 atom stereocenters. The van der Waals surface area contributed by atoms with Gasteiger partial charge in [0.1, 0.15) is 9.84 Å². The maximum atomic E-state index is 11.1. The average Bonchev–Trinajstić information content (AvgIpc) is 2.28. The van der Waals surface area contributed by atoms with Gasteiger partial charge in [-0.05, 0) is 45.2 Å². The summed E-state index contributed by atoms with van der Waals surface area (Å²) in [5.41, 5.74) is 0. The Morgan fingerprint density at radius 3 is 2.78 bits per heavy atom. The van der Waals surface area contributed by atoms with Gasteiger partial charge < -0.3 is 10.2 Å². The zero-order chi connectivity index (χ0) is 13.6. The maximum absolute atomic E-state index is 11.1. The van der Waals surface area contributed by atoms with E-state index in [0.717, 1.165) is 6.54 Å². The SMILES string of the molecule is CCCN1CCCC(C(C)NCCS(C)(=O)=O)C1. The average molecular weight is 276 g/mol. The van der Waals surface area contributed by atoms with Gasteiger partial charge in [0.05, 0.1) is 5.75 Å². The third kappa shape index (κ3) is 6.16. The first-order valence-corrected chi connectivity index (χ1v) is 9.12. The van der Waals surface area contributed by atoms with Gasteiger partial charge in [-0.2, -0.15) is 0 Å². The lowest BCUT2D eigenvalue weighted by atomic mass is 9.91. The van der Waals surface area contributed by atoms with Crippen LogP contribution in [0, 0.1) is 5.92 Å². The lowest BCUT2D eigenvalue weighted by Gasteiger charge is -2.36. The van der Waals surface area contributed by atoms with Gasteiger partial charge in [-0.15, -0.1) is 0 Å². The van der Waals surface area contributed by atoms with Crippen molar-refractivity contribution in [3.63, 3.8) is 0 Å². The van der Waals surface area contributed by atoms with Gasteiger partial charge in [0.2, 0.25) is 0 Å². The Morgan fingerprint density at radius 2 is 2.17 bits per heavy atom. The van der Waals surface area contributed by atoms with Crippen LogP contribution in [0.25, 0.3) is 0 Å². The highest BCUT2D eigenvalue weighted by molar-refractivity contribution is 7.90. The Kier molecular flexibility index (Phi) is 6.60. The second-order valence-electron chi connectivity index (χ2n) is 5.58. The van der Waals surface area contributed by atoms with Crippen molar-refractivity contribution >= 4 is 9.84 Å². The summed E-state index contributed by atoms with van der Waals surface area (Å²) in [7, 11) is -2.84. The zero-order valence-electron chi connectivity index (χ0n) is 12.0. The summed E-state index contributed by atoms with van der Waals surface area (Å²) in [6.45, 7) is 8.54. The summed E-state index contributed by atoms with van der Waals surface area (Å²) in [5.74, 6) is 0.896. The molecule has 0 bridgehead atoms. The predicted octanol–water partition coefficient (Wildman–Crippen LogP) is 1.13. The molecule has 108 valence electrons. The summed E-state index contributed by atoms with van der Waals surface area (Å²) in [5, 5.41) is 3.37. The summed E-state index contributed by atoms with van der Waals surface area (Å²) in [6.07, 6.45) is 5.03. The van der Waals surface area contributed by atoms with E-state index in [4.69, 9.17) is 0 Å². The highest BCUT2D eigenvalue weighted by atomic mass is 32.2. The summed E-state index contributed by atoms with van der Waals surface area (Å²) in [4.78, 5) is 2.53. The van der Waals surface area contributed by atoms with Crippen LogP contribution in [0.5, 0.6) is 0 Å². The van der Waals surface area contributed by atoms with Crippen LogP contribution in [-0.2, 0) is 9.84 Å². The molecule has 4 nitrogen and oxygen atoms in total. The van der Waals surface area contributed by atoms with Crippen LogP contribution >= 0.6 is 0 Å². The van der Waals surface area contributed by atoms with Crippen molar-refractivity contribution in [2.75, 3.05) is 38.2 Å². The Hall–Kier alpha value is -0.130. The molecule has 1 fully saturated rings. The van der Waals surface area contributed by atoms with Crippen molar-refractivity contribution in [2.24, 2.45) is 5.92 Å². The number of rotatable bonds is 7. The molecule has 0 amide bonds. The fourth-order valence-electron chi connectivity index (χ4n) is 2.66. The molecule has 0 aromatic rings. The van der Waals surface area contributed by atoms with E-state index in [1.165, 1.54) is 38.6 Å². The number of piperidine rings is 1. The minimum Gasteiger partial charge on any atom is -0.313 e.